The number of halogens is 1. The highest BCUT2D eigenvalue weighted by Gasteiger charge is 2.02. The third-order valence-corrected chi connectivity index (χ3v) is 1.43. The van der Waals surface area contributed by atoms with E-state index in [1.54, 1.807) is 7.05 Å². The molecule has 0 bridgehead atoms. The van der Waals surface area contributed by atoms with Gasteiger partial charge in [-0.2, -0.15) is 4.39 Å². The van der Waals surface area contributed by atoms with Gasteiger partial charge in [0, 0.05) is 19.2 Å². The minimum absolute atomic E-state index is 0.455. The highest BCUT2D eigenvalue weighted by atomic mass is 19.1. The van der Waals surface area contributed by atoms with Gasteiger partial charge in [-0.15, -0.1) is 0 Å². The summed E-state index contributed by atoms with van der Waals surface area (Å²) in [5.74, 6) is 0. The van der Waals surface area contributed by atoms with E-state index in [1.165, 1.54) is 10.8 Å². The zero-order valence-electron chi connectivity index (χ0n) is 5.84. The molecule has 1 aromatic rings. The van der Waals surface area contributed by atoms with E-state index in [0.29, 0.717) is 13.0 Å². The smallest absolute Gasteiger partial charge is 0.289 e. The molecule has 0 saturated carbocycles. The normalized spacial score (nSPS) is 10.3. The van der Waals surface area contributed by atoms with E-state index in [0.717, 1.165) is 5.69 Å². The number of hydrogen-bond acceptors (Lipinski definition) is 2. The van der Waals surface area contributed by atoms with Gasteiger partial charge in [-0.25, -0.2) is 4.98 Å². The Morgan fingerprint density at radius 1 is 1.80 bits per heavy atom. The van der Waals surface area contributed by atoms with Gasteiger partial charge in [0.15, 0.2) is 0 Å². The maximum Gasteiger partial charge on any atom is 0.289 e. The Hall–Kier alpha value is -0.900. The lowest BCUT2D eigenvalue weighted by molar-refractivity contribution is 0.494. The Bertz CT molecular complexity index is 219. The van der Waals surface area contributed by atoms with Crippen LogP contribution < -0.4 is 5.73 Å². The molecule has 0 saturated heterocycles. The molecule has 10 heavy (non-hydrogen) atoms. The highest BCUT2D eigenvalue weighted by molar-refractivity contribution is 4.98. The Kier molecular flexibility index (Phi) is 2.01. The maximum atomic E-state index is 12.5. The van der Waals surface area contributed by atoms with E-state index in [4.69, 9.17) is 5.73 Å². The van der Waals surface area contributed by atoms with Crippen LogP contribution in [0.15, 0.2) is 6.20 Å². The molecule has 3 nitrogen and oxygen atoms in total. The number of aromatic nitrogens is 2. The fourth-order valence-electron chi connectivity index (χ4n) is 0.800. The molecule has 0 aliphatic heterocycles. The zero-order chi connectivity index (χ0) is 7.56. The van der Waals surface area contributed by atoms with E-state index in [2.05, 4.69) is 4.98 Å². The minimum Gasteiger partial charge on any atom is -0.330 e. The molecule has 1 heterocycles. The predicted octanol–water partition coefficient (Wildman–Crippen LogP) is 0.0604. The van der Waals surface area contributed by atoms with Crippen molar-refractivity contribution in [3.8, 4) is 0 Å². The molecule has 0 aliphatic rings. The van der Waals surface area contributed by atoms with Gasteiger partial charge < -0.3 is 10.3 Å². The summed E-state index contributed by atoms with van der Waals surface area (Å²) in [4.78, 5) is 3.48. The number of imidazole rings is 1. The third-order valence-electron chi connectivity index (χ3n) is 1.43. The molecule has 1 aromatic heterocycles. The summed E-state index contributed by atoms with van der Waals surface area (Å²) in [6.45, 7) is 0.527. The lowest BCUT2D eigenvalue weighted by Crippen LogP contribution is -2.07. The Morgan fingerprint density at radius 3 is 2.90 bits per heavy atom. The molecule has 1 rings (SSSR count). The predicted molar refractivity (Wildman–Crippen MR) is 35.9 cm³/mol. The molecular weight excluding hydrogens is 133 g/mol. The van der Waals surface area contributed by atoms with Gasteiger partial charge >= 0.3 is 0 Å². The van der Waals surface area contributed by atoms with Gasteiger partial charge in [0.2, 0.25) is 0 Å². The SMILES string of the molecule is Cn1c(CCN)cnc1F. The molecule has 0 radical (unpaired) electrons. The molecular formula is C6H10FN3. The molecule has 0 amide bonds. The average molecular weight is 143 g/mol. The fraction of sp³-hybridized carbons (Fsp3) is 0.500. The van der Waals surface area contributed by atoms with E-state index < -0.39 is 6.08 Å². The lowest BCUT2D eigenvalue weighted by Gasteiger charge is -1.97. The number of hydrogen-bond donors (Lipinski definition) is 1. The van der Waals surface area contributed by atoms with Crippen LogP contribution in [0.1, 0.15) is 5.69 Å². The summed E-state index contributed by atoms with van der Waals surface area (Å²) in [7, 11) is 1.63. The van der Waals surface area contributed by atoms with Gasteiger partial charge in [0.05, 0.1) is 6.20 Å². The number of nitrogens with two attached hydrogens (primary N) is 1. The van der Waals surface area contributed by atoms with Gasteiger partial charge in [0.1, 0.15) is 0 Å². The van der Waals surface area contributed by atoms with Crippen molar-refractivity contribution in [3.63, 3.8) is 0 Å². The van der Waals surface area contributed by atoms with E-state index in [1.807, 2.05) is 0 Å². The first-order valence-electron chi connectivity index (χ1n) is 3.12. The quantitative estimate of drug-likeness (QED) is 0.636. The molecule has 4 heteroatoms. The van der Waals surface area contributed by atoms with Crippen molar-refractivity contribution in [1.29, 1.82) is 0 Å². The summed E-state index contributed by atoms with van der Waals surface area (Å²) in [6, 6.07) is 0. The summed E-state index contributed by atoms with van der Waals surface area (Å²) < 4.78 is 13.9. The van der Waals surface area contributed by atoms with Gasteiger partial charge in [-0.05, 0) is 6.54 Å². The van der Waals surface area contributed by atoms with Crippen LogP contribution in [0.25, 0.3) is 0 Å². The average Bonchev–Trinajstić information content (AvgIpc) is 2.20. The second-order valence-electron chi connectivity index (χ2n) is 2.12. The molecule has 56 valence electrons. The van der Waals surface area contributed by atoms with Crippen molar-refractivity contribution in [2.24, 2.45) is 12.8 Å². The summed E-state index contributed by atoms with van der Waals surface area (Å²) in [5.41, 5.74) is 6.11. The van der Waals surface area contributed by atoms with Crippen LogP contribution >= 0.6 is 0 Å². The van der Waals surface area contributed by atoms with E-state index >= 15 is 0 Å². The zero-order valence-corrected chi connectivity index (χ0v) is 5.84. The van der Waals surface area contributed by atoms with Gasteiger partial charge in [-0.1, -0.05) is 0 Å². The Balaban J connectivity index is 2.83. The first-order valence-corrected chi connectivity index (χ1v) is 3.12. The fourth-order valence-corrected chi connectivity index (χ4v) is 0.800. The number of rotatable bonds is 2. The van der Waals surface area contributed by atoms with E-state index in [9.17, 15) is 4.39 Å². The van der Waals surface area contributed by atoms with Crippen LogP contribution in [-0.4, -0.2) is 16.1 Å². The summed E-state index contributed by atoms with van der Waals surface area (Å²) in [6.07, 6.45) is 1.72. The molecule has 0 unspecified atom stereocenters. The first-order chi connectivity index (χ1) is 4.75. The molecule has 0 atom stereocenters. The Morgan fingerprint density at radius 2 is 2.50 bits per heavy atom. The van der Waals surface area contributed by atoms with Crippen LogP contribution in [0.3, 0.4) is 0 Å². The summed E-state index contributed by atoms with van der Waals surface area (Å²) >= 11 is 0. The summed E-state index contributed by atoms with van der Waals surface area (Å²) in [5, 5.41) is 0. The minimum atomic E-state index is -0.455. The van der Waals surface area contributed by atoms with Crippen molar-refractivity contribution in [2.75, 3.05) is 6.54 Å². The third kappa shape index (κ3) is 1.16. The standard InChI is InChI=1S/C6H10FN3/c1-10-5(2-3-8)4-9-6(10)7/h4H,2-3,8H2,1H3. The molecule has 0 fully saturated rings. The molecule has 2 N–H and O–H groups in total. The second-order valence-corrected chi connectivity index (χ2v) is 2.12. The monoisotopic (exact) mass is 143 g/mol. The highest BCUT2D eigenvalue weighted by Crippen LogP contribution is 2.00. The van der Waals surface area contributed by atoms with Crippen molar-refractivity contribution >= 4 is 0 Å². The van der Waals surface area contributed by atoms with Crippen molar-refractivity contribution in [1.82, 2.24) is 9.55 Å². The van der Waals surface area contributed by atoms with Crippen LogP contribution in [-0.2, 0) is 13.5 Å². The lowest BCUT2D eigenvalue weighted by atomic mass is 10.3. The van der Waals surface area contributed by atoms with Crippen LogP contribution in [0, 0.1) is 6.08 Å². The van der Waals surface area contributed by atoms with E-state index in [-0.39, 0.29) is 0 Å². The van der Waals surface area contributed by atoms with Crippen LogP contribution in [0.4, 0.5) is 4.39 Å². The van der Waals surface area contributed by atoms with Crippen LogP contribution in [0.5, 0.6) is 0 Å². The molecule has 0 aliphatic carbocycles. The van der Waals surface area contributed by atoms with Crippen molar-refractivity contribution in [3.05, 3.63) is 18.0 Å². The largest absolute Gasteiger partial charge is 0.330 e. The Labute approximate surface area is 58.7 Å². The van der Waals surface area contributed by atoms with Crippen molar-refractivity contribution < 1.29 is 4.39 Å². The second kappa shape index (κ2) is 2.79. The first kappa shape index (κ1) is 7.21. The number of nitrogens with zero attached hydrogens (tertiary/aromatic N) is 2. The molecule has 0 aromatic carbocycles. The maximum absolute atomic E-state index is 12.5. The van der Waals surface area contributed by atoms with Gasteiger partial charge in [0.25, 0.3) is 6.08 Å². The topological polar surface area (TPSA) is 43.8 Å². The molecule has 0 spiro atoms. The van der Waals surface area contributed by atoms with Gasteiger partial charge in [-0.3, -0.25) is 0 Å². The van der Waals surface area contributed by atoms with Crippen molar-refractivity contribution in [2.45, 2.75) is 6.42 Å². The van der Waals surface area contributed by atoms with Crippen LogP contribution in [0.2, 0.25) is 0 Å².